The summed E-state index contributed by atoms with van der Waals surface area (Å²) in [6, 6.07) is 7.15. The minimum Gasteiger partial charge on any atom is -0.495 e. The second kappa shape index (κ2) is 5.59. The first-order chi connectivity index (χ1) is 8.58. The zero-order valence-electron chi connectivity index (χ0n) is 11.4. The third-order valence-corrected chi connectivity index (χ3v) is 3.30. The fraction of sp³-hybridized carbons (Fsp3) is 0.571. The summed E-state index contributed by atoms with van der Waals surface area (Å²) < 4.78 is 5.39. The molecule has 0 aromatic heterocycles. The normalized spacial score (nSPS) is 22.7. The minimum atomic E-state index is 0.360. The maximum Gasteiger partial charge on any atom is 0.141 e. The SMILES string of the molecule is COc1ccc(CN(C)C)cc1NC1CC(N)C1. The maximum atomic E-state index is 5.81. The van der Waals surface area contributed by atoms with Crippen LogP contribution in [0.3, 0.4) is 0 Å². The highest BCUT2D eigenvalue weighted by atomic mass is 16.5. The zero-order valence-corrected chi connectivity index (χ0v) is 11.4. The van der Waals surface area contributed by atoms with E-state index in [-0.39, 0.29) is 0 Å². The third kappa shape index (κ3) is 3.15. The first-order valence-corrected chi connectivity index (χ1v) is 6.42. The Morgan fingerprint density at radius 3 is 2.67 bits per heavy atom. The molecule has 1 aliphatic carbocycles. The van der Waals surface area contributed by atoms with Crippen LogP contribution in [0.5, 0.6) is 5.75 Å². The smallest absolute Gasteiger partial charge is 0.141 e. The average molecular weight is 249 g/mol. The fourth-order valence-corrected chi connectivity index (χ4v) is 2.33. The van der Waals surface area contributed by atoms with Gasteiger partial charge in [0, 0.05) is 18.6 Å². The summed E-state index contributed by atoms with van der Waals surface area (Å²) in [5, 5.41) is 3.52. The molecule has 0 spiro atoms. The number of benzene rings is 1. The number of nitrogens with two attached hydrogens (primary N) is 1. The topological polar surface area (TPSA) is 50.5 Å². The Hall–Kier alpha value is -1.26. The predicted octanol–water partition coefficient (Wildman–Crippen LogP) is 1.66. The molecule has 4 nitrogen and oxygen atoms in total. The third-order valence-electron chi connectivity index (χ3n) is 3.30. The van der Waals surface area contributed by atoms with Crippen molar-refractivity contribution in [2.24, 2.45) is 5.73 Å². The minimum absolute atomic E-state index is 0.360. The lowest BCUT2D eigenvalue weighted by Gasteiger charge is -2.34. The van der Waals surface area contributed by atoms with E-state index in [1.54, 1.807) is 7.11 Å². The lowest BCUT2D eigenvalue weighted by atomic mass is 9.87. The van der Waals surface area contributed by atoms with Crippen molar-refractivity contribution in [1.82, 2.24) is 4.90 Å². The van der Waals surface area contributed by atoms with E-state index >= 15 is 0 Å². The van der Waals surface area contributed by atoms with Gasteiger partial charge >= 0.3 is 0 Å². The Morgan fingerprint density at radius 2 is 2.11 bits per heavy atom. The van der Waals surface area contributed by atoms with Gasteiger partial charge in [-0.05, 0) is 44.6 Å². The maximum absolute atomic E-state index is 5.81. The largest absolute Gasteiger partial charge is 0.495 e. The van der Waals surface area contributed by atoms with Crippen LogP contribution in [-0.2, 0) is 6.54 Å². The highest BCUT2D eigenvalue weighted by Gasteiger charge is 2.26. The Labute approximate surface area is 109 Å². The van der Waals surface area contributed by atoms with E-state index in [2.05, 4.69) is 36.4 Å². The molecular weight excluding hydrogens is 226 g/mol. The second-order valence-electron chi connectivity index (χ2n) is 5.35. The summed E-state index contributed by atoms with van der Waals surface area (Å²) >= 11 is 0. The van der Waals surface area contributed by atoms with Crippen molar-refractivity contribution < 1.29 is 4.74 Å². The summed E-state index contributed by atoms with van der Waals surface area (Å²) in [6.45, 7) is 0.933. The molecule has 1 fully saturated rings. The van der Waals surface area contributed by atoms with Crippen molar-refractivity contribution >= 4 is 5.69 Å². The lowest BCUT2D eigenvalue weighted by molar-refractivity contribution is 0.369. The number of nitrogens with zero attached hydrogens (tertiary/aromatic N) is 1. The molecule has 0 bridgehead atoms. The van der Waals surface area contributed by atoms with Crippen LogP contribution in [0.15, 0.2) is 18.2 Å². The highest BCUT2D eigenvalue weighted by molar-refractivity contribution is 5.59. The van der Waals surface area contributed by atoms with E-state index in [0.717, 1.165) is 30.8 Å². The van der Waals surface area contributed by atoms with Crippen molar-refractivity contribution in [3.63, 3.8) is 0 Å². The molecule has 0 heterocycles. The van der Waals surface area contributed by atoms with Crippen molar-refractivity contribution in [2.75, 3.05) is 26.5 Å². The quantitative estimate of drug-likeness (QED) is 0.833. The van der Waals surface area contributed by atoms with Gasteiger partial charge in [-0.3, -0.25) is 0 Å². The van der Waals surface area contributed by atoms with Gasteiger partial charge in [-0.1, -0.05) is 6.07 Å². The summed E-state index contributed by atoms with van der Waals surface area (Å²) in [5.41, 5.74) is 8.17. The molecule has 0 amide bonds. The molecule has 1 aromatic carbocycles. The van der Waals surface area contributed by atoms with Crippen molar-refractivity contribution in [3.8, 4) is 5.75 Å². The summed E-state index contributed by atoms with van der Waals surface area (Å²) in [5.74, 6) is 0.901. The molecule has 100 valence electrons. The van der Waals surface area contributed by atoms with Crippen molar-refractivity contribution in [1.29, 1.82) is 0 Å². The molecule has 1 saturated carbocycles. The standard InChI is InChI=1S/C14H23N3O/c1-17(2)9-10-4-5-14(18-3)13(6-10)16-12-7-11(15)8-12/h4-6,11-12,16H,7-9,15H2,1-3H3. The first-order valence-electron chi connectivity index (χ1n) is 6.42. The Balaban J connectivity index is 2.09. The molecule has 1 aromatic rings. The van der Waals surface area contributed by atoms with Gasteiger partial charge < -0.3 is 20.7 Å². The number of hydrogen-bond donors (Lipinski definition) is 2. The predicted molar refractivity (Wildman–Crippen MR) is 75.0 cm³/mol. The summed E-state index contributed by atoms with van der Waals surface area (Å²) in [7, 11) is 5.85. The van der Waals surface area contributed by atoms with Crippen LogP contribution in [0.2, 0.25) is 0 Å². The van der Waals surface area contributed by atoms with E-state index in [9.17, 15) is 0 Å². The second-order valence-corrected chi connectivity index (χ2v) is 5.35. The van der Waals surface area contributed by atoms with Gasteiger partial charge in [0.2, 0.25) is 0 Å². The molecule has 1 aliphatic rings. The zero-order chi connectivity index (χ0) is 13.1. The van der Waals surface area contributed by atoms with Crippen molar-refractivity contribution in [2.45, 2.75) is 31.5 Å². The lowest BCUT2D eigenvalue weighted by Crippen LogP contribution is -2.44. The van der Waals surface area contributed by atoms with Gasteiger partial charge in [0.1, 0.15) is 5.75 Å². The molecule has 2 rings (SSSR count). The van der Waals surface area contributed by atoms with Crippen LogP contribution in [0, 0.1) is 0 Å². The van der Waals surface area contributed by atoms with Gasteiger partial charge in [0.05, 0.1) is 12.8 Å². The summed E-state index contributed by atoms with van der Waals surface area (Å²) in [6.07, 6.45) is 2.09. The molecule has 0 saturated heterocycles. The molecular formula is C14H23N3O. The van der Waals surface area contributed by atoms with Gasteiger partial charge in [0.15, 0.2) is 0 Å². The fourth-order valence-electron chi connectivity index (χ4n) is 2.33. The molecule has 4 heteroatoms. The van der Waals surface area contributed by atoms with Gasteiger partial charge in [-0.2, -0.15) is 0 Å². The molecule has 0 atom stereocenters. The van der Waals surface area contributed by atoms with E-state index in [0.29, 0.717) is 12.1 Å². The molecule has 3 N–H and O–H groups in total. The number of anilines is 1. The molecule has 0 aliphatic heterocycles. The van der Waals surface area contributed by atoms with Gasteiger partial charge in [0.25, 0.3) is 0 Å². The first kappa shape index (κ1) is 13.2. The van der Waals surface area contributed by atoms with Crippen LogP contribution in [-0.4, -0.2) is 38.2 Å². The average Bonchev–Trinajstić information content (AvgIpc) is 2.26. The van der Waals surface area contributed by atoms with E-state index in [4.69, 9.17) is 10.5 Å². The van der Waals surface area contributed by atoms with Crippen LogP contribution in [0.4, 0.5) is 5.69 Å². The summed E-state index contributed by atoms with van der Waals surface area (Å²) in [4.78, 5) is 2.16. The van der Waals surface area contributed by atoms with Gasteiger partial charge in [-0.15, -0.1) is 0 Å². The Bertz CT molecular complexity index is 400. The number of hydrogen-bond acceptors (Lipinski definition) is 4. The van der Waals surface area contributed by atoms with Crippen LogP contribution >= 0.6 is 0 Å². The number of nitrogens with one attached hydrogen (secondary N) is 1. The van der Waals surface area contributed by atoms with E-state index in [1.807, 2.05) is 6.07 Å². The van der Waals surface area contributed by atoms with Crippen molar-refractivity contribution in [3.05, 3.63) is 23.8 Å². The molecule has 18 heavy (non-hydrogen) atoms. The van der Waals surface area contributed by atoms with Crippen LogP contribution in [0.1, 0.15) is 18.4 Å². The Kier molecular flexibility index (Phi) is 4.09. The van der Waals surface area contributed by atoms with Crippen LogP contribution in [0.25, 0.3) is 0 Å². The van der Waals surface area contributed by atoms with Crippen LogP contribution < -0.4 is 15.8 Å². The number of methoxy groups -OCH3 is 1. The van der Waals surface area contributed by atoms with E-state index < -0.39 is 0 Å². The molecule has 0 radical (unpaired) electrons. The number of rotatable bonds is 5. The monoisotopic (exact) mass is 249 g/mol. The number of ether oxygens (including phenoxy) is 1. The van der Waals surface area contributed by atoms with E-state index in [1.165, 1.54) is 5.56 Å². The highest BCUT2D eigenvalue weighted by Crippen LogP contribution is 2.30. The molecule has 0 unspecified atom stereocenters. The Morgan fingerprint density at radius 1 is 1.39 bits per heavy atom. The van der Waals surface area contributed by atoms with Gasteiger partial charge in [-0.25, -0.2) is 0 Å².